The third-order valence-electron chi connectivity index (χ3n) is 3.02. The maximum Gasteiger partial charge on any atom is 0.340 e. The van der Waals surface area contributed by atoms with Crippen molar-refractivity contribution in [1.29, 1.82) is 0 Å². The van der Waals surface area contributed by atoms with Gasteiger partial charge in [0, 0.05) is 22.3 Å². The van der Waals surface area contributed by atoms with Crippen LogP contribution in [0.15, 0.2) is 65.3 Å². The number of hydrogen-bond acceptors (Lipinski definition) is 4. The largest absolute Gasteiger partial charge is 0.462 e. The predicted molar refractivity (Wildman–Crippen MR) is 93.6 cm³/mol. The molecule has 0 aliphatic rings. The van der Waals surface area contributed by atoms with Crippen LogP contribution in [0.4, 0.5) is 5.69 Å². The second-order valence-corrected chi connectivity index (χ2v) is 5.53. The van der Waals surface area contributed by atoms with E-state index in [2.05, 4.69) is 21.2 Å². The lowest BCUT2D eigenvalue weighted by molar-refractivity contribution is 0.0527. The lowest BCUT2D eigenvalue weighted by Gasteiger charge is -2.08. The zero-order valence-electron chi connectivity index (χ0n) is 12.6. The number of para-hydroxylation sites is 1. The third-order valence-corrected chi connectivity index (χ3v) is 3.55. The molecule has 4 nitrogen and oxygen atoms in total. The predicted octanol–water partition coefficient (Wildman–Crippen LogP) is 4.43. The number of halogens is 1. The first-order valence-electron chi connectivity index (χ1n) is 7.11. The first-order chi connectivity index (χ1) is 11.1. The number of allylic oxidation sites excluding steroid dienone is 1. The van der Waals surface area contributed by atoms with Crippen molar-refractivity contribution in [3.8, 4) is 0 Å². The molecule has 23 heavy (non-hydrogen) atoms. The van der Waals surface area contributed by atoms with E-state index in [1.54, 1.807) is 43.3 Å². The summed E-state index contributed by atoms with van der Waals surface area (Å²) in [5.74, 6) is -0.526. The van der Waals surface area contributed by atoms with Crippen LogP contribution in [0.5, 0.6) is 0 Å². The van der Waals surface area contributed by atoms with Gasteiger partial charge in [0.15, 0.2) is 5.78 Å². The molecule has 2 rings (SSSR count). The summed E-state index contributed by atoms with van der Waals surface area (Å²) >= 11 is 3.33. The zero-order chi connectivity index (χ0) is 16.7. The van der Waals surface area contributed by atoms with E-state index in [1.165, 1.54) is 12.3 Å². The lowest BCUT2D eigenvalue weighted by atomic mass is 10.1. The second kappa shape index (κ2) is 8.29. The fourth-order valence-corrected chi connectivity index (χ4v) is 2.18. The Kier molecular flexibility index (Phi) is 6.11. The van der Waals surface area contributed by atoms with Gasteiger partial charge in [-0.25, -0.2) is 4.79 Å². The van der Waals surface area contributed by atoms with Crippen molar-refractivity contribution in [3.63, 3.8) is 0 Å². The highest BCUT2D eigenvalue weighted by molar-refractivity contribution is 9.10. The molecule has 0 fully saturated rings. The number of carbonyl (C=O) groups is 2. The molecule has 5 heteroatoms. The van der Waals surface area contributed by atoms with Crippen molar-refractivity contribution < 1.29 is 14.3 Å². The SMILES string of the molecule is CCOC(=O)c1ccccc1N/C=C/C(=O)c1ccc(Br)cc1. The average molecular weight is 374 g/mol. The number of ether oxygens (including phenoxy) is 1. The minimum absolute atomic E-state index is 0.126. The van der Waals surface area contributed by atoms with Crippen LogP contribution in [0.25, 0.3) is 0 Å². The molecule has 0 aliphatic heterocycles. The van der Waals surface area contributed by atoms with E-state index >= 15 is 0 Å². The van der Waals surface area contributed by atoms with Gasteiger partial charge >= 0.3 is 5.97 Å². The van der Waals surface area contributed by atoms with Crippen LogP contribution in [-0.2, 0) is 4.74 Å². The summed E-state index contributed by atoms with van der Waals surface area (Å²) in [4.78, 5) is 23.9. The van der Waals surface area contributed by atoms with Gasteiger partial charge in [0.1, 0.15) is 0 Å². The fourth-order valence-electron chi connectivity index (χ4n) is 1.91. The minimum Gasteiger partial charge on any atom is -0.462 e. The Balaban J connectivity index is 2.07. The molecule has 0 saturated carbocycles. The Morgan fingerprint density at radius 2 is 1.83 bits per heavy atom. The summed E-state index contributed by atoms with van der Waals surface area (Å²) in [5, 5.41) is 2.95. The number of rotatable bonds is 6. The highest BCUT2D eigenvalue weighted by Crippen LogP contribution is 2.16. The molecule has 0 bridgehead atoms. The van der Waals surface area contributed by atoms with Crippen molar-refractivity contribution in [3.05, 3.63) is 76.4 Å². The molecule has 2 aromatic carbocycles. The van der Waals surface area contributed by atoms with E-state index in [-0.39, 0.29) is 5.78 Å². The lowest BCUT2D eigenvalue weighted by Crippen LogP contribution is -2.07. The normalized spacial score (nSPS) is 10.5. The molecule has 118 valence electrons. The first kappa shape index (κ1) is 17.0. The Bertz CT molecular complexity index is 723. The number of carbonyl (C=O) groups excluding carboxylic acids is 2. The quantitative estimate of drug-likeness (QED) is 0.462. The first-order valence-corrected chi connectivity index (χ1v) is 7.90. The summed E-state index contributed by atoms with van der Waals surface area (Å²) in [6.45, 7) is 2.07. The van der Waals surface area contributed by atoms with Crippen molar-refractivity contribution in [2.24, 2.45) is 0 Å². The van der Waals surface area contributed by atoms with Crippen LogP contribution in [0.2, 0.25) is 0 Å². The molecule has 0 unspecified atom stereocenters. The number of ketones is 1. The molecule has 0 amide bonds. The molecule has 0 aromatic heterocycles. The molecular formula is C18H16BrNO3. The van der Waals surface area contributed by atoms with Crippen molar-refractivity contribution in [2.45, 2.75) is 6.92 Å². The van der Waals surface area contributed by atoms with Crippen LogP contribution < -0.4 is 5.32 Å². The van der Waals surface area contributed by atoms with Crippen LogP contribution in [-0.4, -0.2) is 18.4 Å². The Labute approximate surface area is 143 Å². The summed E-state index contributed by atoms with van der Waals surface area (Å²) in [6.07, 6.45) is 2.94. The van der Waals surface area contributed by atoms with Gasteiger partial charge in [-0.1, -0.05) is 28.1 Å². The number of esters is 1. The van der Waals surface area contributed by atoms with E-state index < -0.39 is 5.97 Å². The van der Waals surface area contributed by atoms with Crippen molar-refractivity contribution in [1.82, 2.24) is 0 Å². The average Bonchev–Trinajstić information content (AvgIpc) is 2.56. The summed E-state index contributed by atoms with van der Waals surface area (Å²) < 4.78 is 5.92. The molecular weight excluding hydrogens is 358 g/mol. The monoisotopic (exact) mass is 373 g/mol. The number of nitrogens with one attached hydrogen (secondary N) is 1. The smallest absolute Gasteiger partial charge is 0.340 e. The van der Waals surface area contributed by atoms with Crippen LogP contribution in [0.3, 0.4) is 0 Å². The second-order valence-electron chi connectivity index (χ2n) is 4.61. The minimum atomic E-state index is -0.400. The maximum atomic E-state index is 12.0. The standard InChI is InChI=1S/C18H16BrNO3/c1-2-23-18(22)15-5-3-4-6-16(15)20-12-11-17(21)13-7-9-14(19)10-8-13/h3-12,20H,2H2,1H3/b12-11+. The summed E-state index contributed by atoms with van der Waals surface area (Å²) in [6, 6.07) is 14.1. The topological polar surface area (TPSA) is 55.4 Å². The van der Waals surface area contributed by atoms with E-state index in [0.717, 1.165) is 4.47 Å². The highest BCUT2D eigenvalue weighted by atomic mass is 79.9. The van der Waals surface area contributed by atoms with Crippen LogP contribution >= 0.6 is 15.9 Å². The zero-order valence-corrected chi connectivity index (χ0v) is 14.2. The Morgan fingerprint density at radius 1 is 1.13 bits per heavy atom. The number of anilines is 1. The van der Waals surface area contributed by atoms with E-state index in [9.17, 15) is 9.59 Å². The number of hydrogen-bond donors (Lipinski definition) is 1. The Hall–Kier alpha value is -2.40. The van der Waals surface area contributed by atoms with Gasteiger partial charge in [0.2, 0.25) is 0 Å². The van der Waals surface area contributed by atoms with E-state index in [1.807, 2.05) is 12.1 Å². The summed E-state index contributed by atoms with van der Waals surface area (Å²) in [7, 11) is 0. The molecule has 0 aliphatic carbocycles. The molecule has 0 saturated heterocycles. The van der Waals surface area contributed by atoms with Gasteiger partial charge < -0.3 is 10.1 Å². The number of benzene rings is 2. The molecule has 0 radical (unpaired) electrons. The molecule has 0 atom stereocenters. The molecule has 2 aromatic rings. The van der Waals surface area contributed by atoms with Gasteiger partial charge in [-0.15, -0.1) is 0 Å². The van der Waals surface area contributed by atoms with Crippen LogP contribution in [0, 0.1) is 0 Å². The van der Waals surface area contributed by atoms with Gasteiger partial charge in [0.25, 0.3) is 0 Å². The summed E-state index contributed by atoms with van der Waals surface area (Å²) in [5.41, 5.74) is 1.60. The maximum absolute atomic E-state index is 12.0. The van der Waals surface area contributed by atoms with Crippen molar-refractivity contribution >= 4 is 33.4 Å². The molecule has 1 N–H and O–H groups in total. The van der Waals surface area contributed by atoms with E-state index in [0.29, 0.717) is 23.4 Å². The molecule has 0 heterocycles. The van der Waals surface area contributed by atoms with Gasteiger partial charge in [-0.2, -0.15) is 0 Å². The van der Waals surface area contributed by atoms with Crippen molar-refractivity contribution in [2.75, 3.05) is 11.9 Å². The third kappa shape index (κ3) is 4.79. The highest BCUT2D eigenvalue weighted by Gasteiger charge is 2.10. The van der Waals surface area contributed by atoms with Gasteiger partial charge in [-0.3, -0.25) is 4.79 Å². The Morgan fingerprint density at radius 3 is 2.52 bits per heavy atom. The van der Waals surface area contributed by atoms with E-state index in [4.69, 9.17) is 4.74 Å². The fraction of sp³-hybridized carbons (Fsp3) is 0.111. The van der Waals surface area contributed by atoms with Crippen LogP contribution in [0.1, 0.15) is 27.6 Å². The van der Waals surface area contributed by atoms with Gasteiger partial charge in [0.05, 0.1) is 17.9 Å². The van der Waals surface area contributed by atoms with Gasteiger partial charge in [-0.05, 0) is 43.3 Å². The molecule has 0 spiro atoms.